The minimum Gasteiger partial charge on any atom is -0.212 e. The Hall–Kier alpha value is -0.600. The van der Waals surface area contributed by atoms with E-state index >= 15 is 0 Å². The molecule has 4 nitrogen and oxygen atoms in total. The van der Waals surface area contributed by atoms with Gasteiger partial charge >= 0.3 is 0 Å². The summed E-state index contributed by atoms with van der Waals surface area (Å²) in [5.41, 5.74) is 0. The summed E-state index contributed by atoms with van der Waals surface area (Å²) in [6, 6.07) is 1.42. The fourth-order valence-corrected chi connectivity index (χ4v) is 3.05. The third kappa shape index (κ3) is 1.76. The maximum atomic E-state index is 11.4. The van der Waals surface area contributed by atoms with E-state index in [2.05, 4.69) is 0 Å². The number of rotatable bonds is 1. The van der Waals surface area contributed by atoms with E-state index in [-0.39, 0.29) is 5.75 Å². The first-order valence-corrected chi connectivity index (χ1v) is 5.58. The Kier molecular flexibility index (Phi) is 2.70. The minimum absolute atomic E-state index is 0.193. The molecule has 0 spiro atoms. The lowest BCUT2D eigenvalue weighted by Crippen LogP contribution is -2.42. The van der Waals surface area contributed by atoms with Crippen LogP contribution in [0, 0.1) is 11.3 Å². The molecule has 5 heteroatoms. The van der Waals surface area contributed by atoms with Gasteiger partial charge in [0.15, 0.2) is 0 Å². The summed E-state index contributed by atoms with van der Waals surface area (Å²) in [6.45, 7) is 2.11. The van der Waals surface area contributed by atoms with Gasteiger partial charge in [0.05, 0.1) is 11.8 Å². The highest BCUT2D eigenvalue weighted by Gasteiger charge is 2.29. The fraction of sp³-hybridized carbons (Fsp3) is 0.857. The van der Waals surface area contributed by atoms with Crippen molar-refractivity contribution in [2.45, 2.75) is 25.8 Å². The van der Waals surface area contributed by atoms with Gasteiger partial charge in [-0.15, -0.1) is 0 Å². The van der Waals surface area contributed by atoms with E-state index in [0.717, 1.165) is 12.8 Å². The molecule has 0 aliphatic carbocycles. The van der Waals surface area contributed by atoms with E-state index in [1.807, 2.05) is 6.07 Å². The highest BCUT2D eigenvalue weighted by molar-refractivity contribution is 7.89. The predicted molar refractivity (Wildman–Crippen MR) is 44.8 cm³/mol. The molecule has 1 aliphatic heterocycles. The van der Waals surface area contributed by atoms with Crippen molar-refractivity contribution in [2.75, 3.05) is 12.3 Å². The summed E-state index contributed by atoms with van der Waals surface area (Å²) < 4.78 is 24.0. The smallest absolute Gasteiger partial charge is 0.212 e. The van der Waals surface area contributed by atoms with Crippen LogP contribution >= 0.6 is 0 Å². The van der Waals surface area contributed by atoms with Crippen LogP contribution in [0.2, 0.25) is 0 Å². The van der Waals surface area contributed by atoms with Crippen LogP contribution in [-0.4, -0.2) is 31.1 Å². The second-order valence-corrected chi connectivity index (χ2v) is 4.98. The van der Waals surface area contributed by atoms with Crippen LogP contribution < -0.4 is 0 Å². The molecular formula is C7H12N2O2S. The van der Waals surface area contributed by atoms with Crippen LogP contribution in [0.5, 0.6) is 0 Å². The molecule has 1 aliphatic rings. The predicted octanol–water partition coefficient (Wildman–Crippen LogP) is 0.324. The maximum absolute atomic E-state index is 11.4. The Labute approximate surface area is 72.8 Å². The summed E-state index contributed by atoms with van der Waals surface area (Å²) in [7, 11) is -3.12. The SMILES string of the molecule is CC(C#N)N1CCCCS1(=O)=O. The van der Waals surface area contributed by atoms with Crippen molar-refractivity contribution in [1.82, 2.24) is 4.31 Å². The Morgan fingerprint density at radius 3 is 2.67 bits per heavy atom. The fourth-order valence-electron chi connectivity index (χ4n) is 1.31. The Morgan fingerprint density at radius 2 is 2.17 bits per heavy atom. The lowest BCUT2D eigenvalue weighted by atomic mass is 10.3. The third-order valence-electron chi connectivity index (χ3n) is 2.01. The van der Waals surface area contributed by atoms with Crippen molar-refractivity contribution < 1.29 is 8.42 Å². The van der Waals surface area contributed by atoms with Gasteiger partial charge in [0, 0.05) is 6.54 Å². The highest BCUT2D eigenvalue weighted by Crippen LogP contribution is 2.15. The van der Waals surface area contributed by atoms with Gasteiger partial charge < -0.3 is 0 Å². The normalized spacial score (nSPS) is 26.0. The molecule has 0 aromatic carbocycles. The molecule has 1 unspecified atom stereocenters. The van der Waals surface area contributed by atoms with Gasteiger partial charge in [0.2, 0.25) is 10.0 Å². The minimum atomic E-state index is -3.12. The molecule has 0 N–H and O–H groups in total. The monoisotopic (exact) mass is 188 g/mol. The van der Waals surface area contributed by atoms with Gasteiger partial charge in [0.1, 0.15) is 6.04 Å². The average molecular weight is 188 g/mol. The summed E-state index contributed by atoms with van der Waals surface area (Å²) in [5.74, 6) is 0.193. The molecule has 0 aromatic rings. The molecule has 68 valence electrons. The molecule has 1 rings (SSSR count). The zero-order chi connectivity index (χ0) is 9.19. The van der Waals surface area contributed by atoms with Gasteiger partial charge in [-0.05, 0) is 19.8 Å². The molecular weight excluding hydrogens is 176 g/mol. The summed E-state index contributed by atoms with van der Waals surface area (Å²) in [5, 5.41) is 8.56. The lowest BCUT2D eigenvalue weighted by molar-refractivity contribution is 0.358. The number of sulfonamides is 1. The zero-order valence-corrected chi connectivity index (χ0v) is 7.84. The van der Waals surface area contributed by atoms with E-state index < -0.39 is 16.1 Å². The summed E-state index contributed by atoms with van der Waals surface area (Å²) >= 11 is 0. The van der Waals surface area contributed by atoms with Crippen molar-refractivity contribution in [3.05, 3.63) is 0 Å². The van der Waals surface area contributed by atoms with Gasteiger partial charge in [-0.25, -0.2) is 8.42 Å². The maximum Gasteiger partial charge on any atom is 0.215 e. The van der Waals surface area contributed by atoms with E-state index in [9.17, 15) is 8.42 Å². The molecule has 12 heavy (non-hydrogen) atoms. The zero-order valence-electron chi connectivity index (χ0n) is 7.02. The molecule has 1 fully saturated rings. The van der Waals surface area contributed by atoms with Crippen LogP contribution in [0.4, 0.5) is 0 Å². The van der Waals surface area contributed by atoms with Crippen LogP contribution in [0.3, 0.4) is 0 Å². The van der Waals surface area contributed by atoms with Gasteiger partial charge in [-0.3, -0.25) is 0 Å². The quantitative estimate of drug-likeness (QED) is 0.595. The number of hydrogen-bond donors (Lipinski definition) is 0. The average Bonchev–Trinajstić information content (AvgIpc) is 2.02. The van der Waals surface area contributed by atoms with Crippen LogP contribution in [0.1, 0.15) is 19.8 Å². The largest absolute Gasteiger partial charge is 0.215 e. The number of nitrogens with zero attached hydrogens (tertiary/aromatic N) is 2. The third-order valence-corrected chi connectivity index (χ3v) is 4.02. The molecule has 0 aromatic heterocycles. The van der Waals surface area contributed by atoms with Gasteiger partial charge in [-0.1, -0.05) is 0 Å². The molecule has 0 radical (unpaired) electrons. The standard InChI is InChI=1S/C7H12N2O2S/c1-7(6-8)9-4-2-3-5-12(9,10)11/h7H,2-5H2,1H3. The molecule has 1 atom stereocenters. The topological polar surface area (TPSA) is 61.2 Å². The molecule has 0 amide bonds. The van der Waals surface area contributed by atoms with Gasteiger partial charge in [0.25, 0.3) is 0 Å². The number of hydrogen-bond acceptors (Lipinski definition) is 3. The molecule has 0 saturated carbocycles. The summed E-state index contributed by atoms with van der Waals surface area (Å²) in [6.07, 6.45) is 1.59. The number of nitriles is 1. The van der Waals surface area contributed by atoms with Crippen molar-refractivity contribution >= 4 is 10.0 Å². The van der Waals surface area contributed by atoms with Gasteiger partial charge in [-0.2, -0.15) is 9.57 Å². The van der Waals surface area contributed by atoms with Crippen molar-refractivity contribution in [3.63, 3.8) is 0 Å². The lowest BCUT2D eigenvalue weighted by Gasteiger charge is -2.27. The van der Waals surface area contributed by atoms with E-state index in [1.165, 1.54) is 4.31 Å². The van der Waals surface area contributed by atoms with Crippen LogP contribution in [0.25, 0.3) is 0 Å². The first kappa shape index (κ1) is 9.49. The van der Waals surface area contributed by atoms with Crippen LogP contribution in [0.15, 0.2) is 0 Å². The Balaban J connectivity index is 2.82. The second-order valence-electron chi connectivity index (χ2n) is 2.94. The van der Waals surface area contributed by atoms with Crippen molar-refractivity contribution in [1.29, 1.82) is 5.26 Å². The molecule has 1 saturated heterocycles. The van der Waals surface area contributed by atoms with E-state index in [4.69, 9.17) is 5.26 Å². The first-order valence-electron chi connectivity index (χ1n) is 3.97. The van der Waals surface area contributed by atoms with Crippen LogP contribution in [-0.2, 0) is 10.0 Å². The highest BCUT2D eigenvalue weighted by atomic mass is 32.2. The van der Waals surface area contributed by atoms with Crippen molar-refractivity contribution in [2.24, 2.45) is 0 Å². The first-order chi connectivity index (χ1) is 5.58. The van der Waals surface area contributed by atoms with E-state index in [1.54, 1.807) is 6.92 Å². The Morgan fingerprint density at radius 1 is 1.50 bits per heavy atom. The summed E-state index contributed by atoms with van der Waals surface area (Å²) in [4.78, 5) is 0. The van der Waals surface area contributed by atoms with E-state index in [0.29, 0.717) is 6.54 Å². The Bertz CT molecular complexity index is 291. The van der Waals surface area contributed by atoms with Crippen molar-refractivity contribution in [3.8, 4) is 6.07 Å². The second kappa shape index (κ2) is 3.42. The molecule has 1 heterocycles. The molecule has 0 bridgehead atoms.